The first kappa shape index (κ1) is 14.2. The molecule has 0 aromatic carbocycles. The number of methoxy groups -OCH3 is 1. The molecule has 98 valence electrons. The summed E-state index contributed by atoms with van der Waals surface area (Å²) >= 11 is 0. The highest BCUT2D eigenvalue weighted by atomic mass is 16.5. The summed E-state index contributed by atoms with van der Waals surface area (Å²) in [7, 11) is 1.40. The molecule has 3 nitrogen and oxygen atoms in total. The fourth-order valence-corrected chi connectivity index (χ4v) is 2.32. The topological polar surface area (TPSA) is 35.5 Å². The van der Waals surface area contributed by atoms with Gasteiger partial charge in [0, 0.05) is 5.57 Å². The molecule has 1 saturated carbocycles. The molecule has 0 spiro atoms. The molecular formula is C14H24O3. The van der Waals surface area contributed by atoms with Crippen molar-refractivity contribution >= 4 is 5.97 Å². The molecule has 1 fully saturated rings. The fraction of sp³-hybridized carbons (Fsp3) is 0.786. The van der Waals surface area contributed by atoms with Gasteiger partial charge in [-0.15, -0.1) is 0 Å². The van der Waals surface area contributed by atoms with Gasteiger partial charge in [-0.05, 0) is 31.8 Å². The molecule has 2 unspecified atom stereocenters. The van der Waals surface area contributed by atoms with Crippen LogP contribution < -0.4 is 0 Å². The summed E-state index contributed by atoms with van der Waals surface area (Å²) in [6, 6.07) is 0. The zero-order valence-electron chi connectivity index (χ0n) is 11.2. The van der Waals surface area contributed by atoms with Crippen LogP contribution in [0.1, 0.15) is 46.0 Å². The Bertz CT molecular complexity index is 271. The summed E-state index contributed by atoms with van der Waals surface area (Å²) in [6.07, 6.45) is 8.35. The van der Waals surface area contributed by atoms with Crippen molar-refractivity contribution in [1.29, 1.82) is 0 Å². The first-order chi connectivity index (χ1) is 8.17. The lowest BCUT2D eigenvalue weighted by molar-refractivity contribution is -0.136. The van der Waals surface area contributed by atoms with Crippen molar-refractivity contribution in [3.63, 3.8) is 0 Å². The normalized spacial score (nSPS) is 25.7. The lowest BCUT2D eigenvalue weighted by Crippen LogP contribution is -2.22. The lowest BCUT2D eigenvalue weighted by Gasteiger charge is -2.28. The molecule has 0 saturated heterocycles. The largest absolute Gasteiger partial charge is 0.466 e. The Hall–Kier alpha value is -0.830. The highest BCUT2D eigenvalue weighted by Gasteiger charge is 2.20. The van der Waals surface area contributed by atoms with Crippen LogP contribution in [0.3, 0.4) is 0 Å². The molecule has 17 heavy (non-hydrogen) atoms. The van der Waals surface area contributed by atoms with Crippen LogP contribution in [0.5, 0.6) is 0 Å². The molecular weight excluding hydrogens is 216 g/mol. The first-order valence-electron chi connectivity index (χ1n) is 6.54. The number of ether oxygens (including phenoxy) is 2. The summed E-state index contributed by atoms with van der Waals surface area (Å²) in [5.74, 6) is 0.545. The van der Waals surface area contributed by atoms with Gasteiger partial charge >= 0.3 is 5.97 Å². The second-order valence-electron chi connectivity index (χ2n) is 4.77. The summed E-state index contributed by atoms with van der Waals surface area (Å²) in [5, 5.41) is 0. The predicted molar refractivity (Wildman–Crippen MR) is 67.8 cm³/mol. The molecule has 0 heterocycles. The van der Waals surface area contributed by atoms with Gasteiger partial charge in [0.05, 0.1) is 19.8 Å². The summed E-state index contributed by atoms with van der Waals surface area (Å²) in [6.45, 7) is 4.52. The van der Waals surface area contributed by atoms with Gasteiger partial charge in [0.2, 0.25) is 0 Å². The maximum atomic E-state index is 11.1. The summed E-state index contributed by atoms with van der Waals surface area (Å²) < 4.78 is 10.4. The van der Waals surface area contributed by atoms with E-state index in [-0.39, 0.29) is 5.97 Å². The van der Waals surface area contributed by atoms with Crippen LogP contribution in [0, 0.1) is 5.92 Å². The smallest absolute Gasteiger partial charge is 0.333 e. The zero-order chi connectivity index (χ0) is 12.7. The van der Waals surface area contributed by atoms with Gasteiger partial charge in [-0.2, -0.15) is 0 Å². The van der Waals surface area contributed by atoms with E-state index in [4.69, 9.17) is 4.74 Å². The molecule has 2 atom stereocenters. The quantitative estimate of drug-likeness (QED) is 0.547. The van der Waals surface area contributed by atoms with Crippen LogP contribution in [0.4, 0.5) is 0 Å². The van der Waals surface area contributed by atoms with Crippen molar-refractivity contribution in [2.75, 3.05) is 13.7 Å². The number of rotatable bonds is 5. The monoisotopic (exact) mass is 240 g/mol. The minimum atomic E-state index is -0.274. The molecule has 1 aliphatic carbocycles. The Morgan fingerprint density at radius 2 is 2.18 bits per heavy atom. The number of hydrogen-bond donors (Lipinski definition) is 0. The lowest BCUT2D eigenvalue weighted by atomic mass is 9.85. The first-order valence-corrected chi connectivity index (χ1v) is 6.54. The predicted octanol–water partition coefficient (Wildman–Crippen LogP) is 3.09. The number of hydrogen-bond acceptors (Lipinski definition) is 3. The van der Waals surface area contributed by atoms with Crippen molar-refractivity contribution in [3.8, 4) is 0 Å². The van der Waals surface area contributed by atoms with Gasteiger partial charge in [0.1, 0.15) is 0 Å². The molecule has 0 bridgehead atoms. The van der Waals surface area contributed by atoms with Crippen LogP contribution in [-0.2, 0) is 14.3 Å². The minimum absolute atomic E-state index is 0.274. The van der Waals surface area contributed by atoms with Crippen molar-refractivity contribution in [2.24, 2.45) is 5.92 Å². The Morgan fingerprint density at radius 1 is 1.41 bits per heavy atom. The Kier molecular flexibility index (Phi) is 6.27. The van der Waals surface area contributed by atoms with E-state index < -0.39 is 0 Å². The van der Waals surface area contributed by atoms with E-state index in [2.05, 4.69) is 11.7 Å². The van der Waals surface area contributed by atoms with E-state index in [1.165, 1.54) is 32.8 Å². The average molecular weight is 240 g/mol. The maximum Gasteiger partial charge on any atom is 0.333 e. The molecule has 0 aliphatic heterocycles. The second-order valence-corrected chi connectivity index (χ2v) is 4.77. The standard InChI is InChI=1S/C14H24O3/c1-4-12-6-5-7-13(10-12)17-9-8-11(2)14(15)16-3/h8,12-13H,4-7,9-10H2,1-3H3. The van der Waals surface area contributed by atoms with Gasteiger partial charge in [-0.3, -0.25) is 0 Å². The Labute approximate surface area is 104 Å². The average Bonchev–Trinajstić information content (AvgIpc) is 2.37. The zero-order valence-corrected chi connectivity index (χ0v) is 11.2. The van der Waals surface area contributed by atoms with Crippen molar-refractivity contribution in [3.05, 3.63) is 11.6 Å². The molecule has 0 aromatic heterocycles. The third kappa shape index (κ3) is 4.90. The van der Waals surface area contributed by atoms with Crippen LogP contribution in [0.2, 0.25) is 0 Å². The molecule has 0 aromatic rings. The van der Waals surface area contributed by atoms with Crippen LogP contribution in [0.15, 0.2) is 11.6 Å². The molecule has 0 amide bonds. The number of carbonyl (C=O) groups is 1. The van der Waals surface area contributed by atoms with E-state index in [0.717, 1.165) is 12.3 Å². The third-order valence-electron chi connectivity index (χ3n) is 3.54. The molecule has 1 aliphatic rings. The summed E-state index contributed by atoms with van der Waals surface area (Å²) in [5.41, 5.74) is 0.621. The van der Waals surface area contributed by atoms with Crippen molar-refractivity contribution in [2.45, 2.75) is 52.1 Å². The maximum absolute atomic E-state index is 11.1. The molecule has 3 heteroatoms. The number of carbonyl (C=O) groups excluding carboxylic acids is 1. The second kappa shape index (κ2) is 7.49. The van der Waals surface area contributed by atoms with Crippen molar-refractivity contribution in [1.82, 2.24) is 0 Å². The van der Waals surface area contributed by atoms with Gasteiger partial charge in [0.15, 0.2) is 0 Å². The van der Waals surface area contributed by atoms with Crippen LogP contribution in [0.25, 0.3) is 0 Å². The van der Waals surface area contributed by atoms with Crippen LogP contribution in [-0.4, -0.2) is 25.8 Å². The highest BCUT2D eigenvalue weighted by molar-refractivity contribution is 5.87. The number of esters is 1. The van der Waals surface area contributed by atoms with Gasteiger partial charge in [0.25, 0.3) is 0 Å². The molecule has 0 radical (unpaired) electrons. The van der Waals surface area contributed by atoms with Crippen molar-refractivity contribution < 1.29 is 14.3 Å². The van der Waals surface area contributed by atoms with Gasteiger partial charge < -0.3 is 9.47 Å². The third-order valence-corrected chi connectivity index (χ3v) is 3.54. The van der Waals surface area contributed by atoms with E-state index in [0.29, 0.717) is 18.3 Å². The van der Waals surface area contributed by atoms with E-state index in [1.54, 1.807) is 13.0 Å². The van der Waals surface area contributed by atoms with Crippen LogP contribution >= 0.6 is 0 Å². The minimum Gasteiger partial charge on any atom is -0.466 e. The van der Waals surface area contributed by atoms with E-state index in [9.17, 15) is 4.79 Å². The molecule has 0 N–H and O–H groups in total. The fourth-order valence-electron chi connectivity index (χ4n) is 2.32. The molecule has 1 rings (SSSR count). The van der Waals surface area contributed by atoms with Gasteiger partial charge in [-0.1, -0.05) is 26.2 Å². The Balaban J connectivity index is 2.28. The van der Waals surface area contributed by atoms with Gasteiger partial charge in [-0.25, -0.2) is 4.79 Å². The van der Waals surface area contributed by atoms with E-state index >= 15 is 0 Å². The van der Waals surface area contributed by atoms with E-state index in [1.807, 2.05) is 0 Å². The summed E-state index contributed by atoms with van der Waals surface area (Å²) in [4.78, 5) is 11.1. The Morgan fingerprint density at radius 3 is 2.82 bits per heavy atom. The SMILES string of the molecule is CCC1CCCC(OCC=C(C)C(=O)OC)C1. The highest BCUT2D eigenvalue weighted by Crippen LogP contribution is 2.28.